The van der Waals surface area contributed by atoms with Crippen molar-refractivity contribution in [1.82, 2.24) is 25.8 Å². The largest absolute Gasteiger partial charge is 0.756 e. The van der Waals surface area contributed by atoms with Crippen LogP contribution in [0, 0.1) is 5.21 Å². The molecule has 0 aromatic rings. The van der Waals surface area contributed by atoms with Crippen molar-refractivity contribution in [2.24, 2.45) is 5.73 Å². The van der Waals surface area contributed by atoms with Crippen LogP contribution in [0.1, 0.15) is 64.7 Å². The van der Waals surface area contributed by atoms with Crippen molar-refractivity contribution in [2.75, 3.05) is 32.7 Å². The van der Waals surface area contributed by atoms with Gasteiger partial charge in [-0.1, -0.05) is 24.6 Å². The Labute approximate surface area is 229 Å². The van der Waals surface area contributed by atoms with Gasteiger partial charge in [0.15, 0.2) is 5.88 Å². The minimum atomic E-state index is -0.920. The van der Waals surface area contributed by atoms with Crippen LogP contribution < -0.4 is 16.4 Å². The van der Waals surface area contributed by atoms with Crippen molar-refractivity contribution in [3.8, 4) is 0 Å². The van der Waals surface area contributed by atoms with Gasteiger partial charge in [-0.2, -0.15) is 5.06 Å². The monoisotopic (exact) mass is 557 g/mol. The molecule has 3 amide bonds. The Kier molecular flexibility index (Phi) is 20.9. The second-order valence-corrected chi connectivity index (χ2v) is 8.72. The van der Waals surface area contributed by atoms with Gasteiger partial charge in [0, 0.05) is 39.0 Å². The molecular weight excluding hydrogens is 512 g/mol. The number of rotatable bonds is 22. The van der Waals surface area contributed by atoms with E-state index in [1.54, 1.807) is 18.2 Å². The first-order valence-corrected chi connectivity index (χ1v) is 13.1. The summed E-state index contributed by atoms with van der Waals surface area (Å²) in [6.07, 6.45) is 9.80. The van der Waals surface area contributed by atoms with Crippen molar-refractivity contribution >= 4 is 17.7 Å². The predicted molar refractivity (Wildman–Crippen MR) is 144 cm³/mol. The summed E-state index contributed by atoms with van der Waals surface area (Å²) < 4.78 is 0. The minimum absolute atomic E-state index is 0.0224. The summed E-state index contributed by atoms with van der Waals surface area (Å²) in [4.78, 5) is 35.5. The van der Waals surface area contributed by atoms with E-state index >= 15 is 0 Å². The van der Waals surface area contributed by atoms with Gasteiger partial charge in [0.2, 0.25) is 17.7 Å². The highest BCUT2D eigenvalue weighted by Crippen LogP contribution is 2.02. The van der Waals surface area contributed by atoms with Crippen LogP contribution >= 0.6 is 0 Å². The molecule has 1 unspecified atom stereocenters. The lowest BCUT2D eigenvalue weighted by Crippen LogP contribution is -2.30. The summed E-state index contributed by atoms with van der Waals surface area (Å²) in [5.41, 5.74) is 5.19. The fourth-order valence-corrected chi connectivity index (χ4v) is 3.04. The molecule has 0 aliphatic rings. The van der Waals surface area contributed by atoms with Gasteiger partial charge in [0.1, 0.15) is 6.23 Å². The molecule has 0 aliphatic carbocycles. The molecule has 224 valence electrons. The van der Waals surface area contributed by atoms with Crippen LogP contribution in [-0.4, -0.2) is 92.5 Å². The lowest BCUT2D eigenvalue weighted by atomic mass is 10.2. The van der Waals surface area contributed by atoms with Crippen LogP contribution in [0.4, 0.5) is 0 Å². The number of nitrogens with zero attached hydrogens (tertiary/aromatic N) is 3. The van der Waals surface area contributed by atoms with Gasteiger partial charge in [0.05, 0.1) is 13.0 Å². The molecule has 1 atom stereocenters. The normalized spacial score (nSPS) is 12.7. The number of hydroxylamine groups is 6. The van der Waals surface area contributed by atoms with Crippen molar-refractivity contribution in [1.29, 1.82) is 0 Å². The summed E-state index contributed by atoms with van der Waals surface area (Å²) in [6.45, 7) is 2.52. The van der Waals surface area contributed by atoms with E-state index in [2.05, 4.69) is 10.6 Å². The SMILES string of the molecule is CC(O)N(O)CCCCCN/C(O)=C/CC(=O)N(O)CC/C=C/CNC(=O)CCC(=O)N([O-])CCC/C=C/N. The Hall–Kier alpha value is -3.17. The van der Waals surface area contributed by atoms with Gasteiger partial charge in [0.25, 0.3) is 0 Å². The van der Waals surface area contributed by atoms with E-state index in [9.17, 15) is 35.1 Å². The molecule has 8 N–H and O–H groups in total. The van der Waals surface area contributed by atoms with E-state index in [0.717, 1.165) is 11.5 Å². The maximum Gasteiger partial charge on any atom is 0.249 e. The molecule has 39 heavy (non-hydrogen) atoms. The topological polar surface area (TPSA) is 215 Å². The van der Waals surface area contributed by atoms with Crippen molar-refractivity contribution in [3.05, 3.63) is 41.6 Å². The Bertz CT molecular complexity index is 791. The first-order chi connectivity index (χ1) is 18.6. The van der Waals surface area contributed by atoms with E-state index in [1.165, 1.54) is 19.2 Å². The summed E-state index contributed by atoms with van der Waals surface area (Å²) >= 11 is 0. The number of amides is 3. The van der Waals surface area contributed by atoms with Gasteiger partial charge in [-0.25, -0.2) is 5.06 Å². The van der Waals surface area contributed by atoms with Crippen LogP contribution in [-0.2, 0) is 14.4 Å². The highest BCUT2D eigenvalue weighted by molar-refractivity contribution is 5.84. The number of allylic oxidation sites excluding steroid dienone is 1. The lowest BCUT2D eigenvalue weighted by Gasteiger charge is -2.27. The fraction of sp³-hybridized carbons (Fsp3) is 0.640. The molecule has 0 bridgehead atoms. The number of nitrogens with two attached hydrogens (primary N) is 1. The third kappa shape index (κ3) is 20.5. The van der Waals surface area contributed by atoms with Crippen molar-refractivity contribution in [2.45, 2.75) is 70.9 Å². The third-order valence-corrected chi connectivity index (χ3v) is 5.36. The van der Waals surface area contributed by atoms with Crippen LogP contribution in [0.3, 0.4) is 0 Å². The Morgan fingerprint density at radius 1 is 0.923 bits per heavy atom. The standard InChI is InChI=1S/C25H45N6O8/c1-21(32)29(37)18-9-3-6-16-27-22(33)12-14-25(36)31(39)20-10-4-7-17-28-23(34)11-13-24(35)30(38)19-8-2-5-15-26/h4-5,7,12,15,21,27,32-33,37,39H,2-3,6,8-11,13-14,16-20,26H2,1H3,(H,28,34)/q-1/b7-4+,15-5+,22-12-. The highest BCUT2D eigenvalue weighted by Gasteiger charge is 2.10. The number of hydrogen-bond acceptors (Lipinski definition) is 11. The number of hydrogen-bond donors (Lipinski definition) is 7. The van der Waals surface area contributed by atoms with Gasteiger partial charge < -0.3 is 42.1 Å². The molecule has 0 fully saturated rings. The molecule has 0 aliphatic heterocycles. The van der Waals surface area contributed by atoms with Crippen LogP contribution in [0.5, 0.6) is 0 Å². The van der Waals surface area contributed by atoms with E-state index in [1.807, 2.05) is 0 Å². The van der Waals surface area contributed by atoms with Crippen molar-refractivity contribution < 1.29 is 35.0 Å². The summed E-state index contributed by atoms with van der Waals surface area (Å²) in [5, 5.41) is 56.8. The molecule has 0 saturated carbocycles. The second-order valence-electron chi connectivity index (χ2n) is 8.72. The first kappa shape index (κ1) is 35.8. The van der Waals surface area contributed by atoms with E-state index in [4.69, 9.17) is 10.8 Å². The van der Waals surface area contributed by atoms with Gasteiger partial charge in [-0.15, -0.1) is 0 Å². The second kappa shape index (κ2) is 22.8. The number of aliphatic hydroxyl groups is 2. The molecule has 0 aromatic carbocycles. The first-order valence-electron chi connectivity index (χ1n) is 13.1. The van der Waals surface area contributed by atoms with Gasteiger partial charge >= 0.3 is 0 Å². The van der Waals surface area contributed by atoms with E-state index < -0.39 is 18.0 Å². The molecular formula is C25H45N6O8-. The maximum absolute atomic E-state index is 12.0. The summed E-state index contributed by atoms with van der Waals surface area (Å²) in [6, 6.07) is 0. The Morgan fingerprint density at radius 2 is 1.67 bits per heavy atom. The van der Waals surface area contributed by atoms with Crippen LogP contribution in [0.15, 0.2) is 36.4 Å². The number of carbonyl (C=O) groups is 3. The smallest absolute Gasteiger partial charge is 0.249 e. The predicted octanol–water partition coefficient (Wildman–Crippen LogP) is 1.20. The molecule has 0 aromatic heterocycles. The summed E-state index contributed by atoms with van der Waals surface area (Å²) in [7, 11) is 0. The molecule has 0 spiro atoms. The van der Waals surface area contributed by atoms with Gasteiger partial charge in [-0.3, -0.25) is 19.6 Å². The average Bonchev–Trinajstić information content (AvgIpc) is 2.91. The Balaban J connectivity index is 3.94. The molecule has 14 heteroatoms. The zero-order chi connectivity index (χ0) is 29.5. The van der Waals surface area contributed by atoms with E-state index in [-0.39, 0.29) is 50.7 Å². The molecule has 0 rings (SSSR count). The van der Waals surface area contributed by atoms with Crippen molar-refractivity contribution in [3.63, 3.8) is 0 Å². The fourth-order valence-electron chi connectivity index (χ4n) is 3.04. The zero-order valence-electron chi connectivity index (χ0n) is 22.7. The zero-order valence-corrected chi connectivity index (χ0v) is 22.7. The Morgan fingerprint density at radius 3 is 2.36 bits per heavy atom. The number of carbonyl (C=O) groups excluding carboxylic acids is 3. The molecule has 0 heterocycles. The van der Waals surface area contributed by atoms with Gasteiger partial charge in [-0.05, 0) is 51.3 Å². The van der Waals surface area contributed by atoms with Crippen LogP contribution in [0.2, 0.25) is 0 Å². The van der Waals surface area contributed by atoms with Crippen LogP contribution in [0.25, 0.3) is 0 Å². The molecule has 14 nitrogen and oxygen atoms in total. The maximum atomic E-state index is 12.0. The molecule has 0 saturated heterocycles. The molecule has 0 radical (unpaired) electrons. The lowest BCUT2D eigenvalue weighted by molar-refractivity contribution is -0.188. The average molecular weight is 558 g/mol. The summed E-state index contributed by atoms with van der Waals surface area (Å²) in [5.74, 6) is -1.80. The minimum Gasteiger partial charge on any atom is -0.756 e. The highest BCUT2D eigenvalue weighted by atomic mass is 16.5. The number of aliphatic hydroxyl groups excluding tert-OH is 2. The number of nitrogens with one attached hydrogen (secondary N) is 2. The number of unbranched alkanes of at least 4 members (excludes halogenated alkanes) is 3. The van der Waals surface area contributed by atoms with E-state index in [0.29, 0.717) is 55.3 Å². The quantitative estimate of drug-likeness (QED) is 0.0251. The third-order valence-electron chi connectivity index (χ3n) is 5.36.